The number of hydrogen-bond acceptors (Lipinski definition) is 3. The summed E-state index contributed by atoms with van der Waals surface area (Å²) in [5.74, 6) is 0. The standard InChI is InChI=1S/C14H30O4S/c1-3-5-6-7-11-14(19(16,17)18)12-8-10-13(15)9-4-2/h13-15H,3-12H2,1-2H3,(H,16,17,18). The molecule has 0 saturated heterocycles. The van der Waals surface area contributed by atoms with Gasteiger partial charge in [-0.05, 0) is 32.1 Å². The average molecular weight is 294 g/mol. The second-order valence-corrected chi connectivity index (χ2v) is 7.06. The molecule has 0 spiro atoms. The Morgan fingerprint density at radius 1 is 0.842 bits per heavy atom. The molecule has 0 rings (SSSR count). The van der Waals surface area contributed by atoms with Crippen LogP contribution < -0.4 is 0 Å². The van der Waals surface area contributed by atoms with Gasteiger partial charge in [-0.3, -0.25) is 4.55 Å². The fourth-order valence-electron chi connectivity index (χ4n) is 2.30. The second-order valence-electron chi connectivity index (χ2n) is 5.36. The summed E-state index contributed by atoms with van der Waals surface area (Å²) in [5, 5.41) is 8.94. The third-order valence-electron chi connectivity index (χ3n) is 3.49. The number of aliphatic hydroxyl groups is 1. The third-order valence-corrected chi connectivity index (χ3v) is 4.80. The molecule has 0 radical (unpaired) electrons. The smallest absolute Gasteiger partial charge is 0.267 e. The highest BCUT2D eigenvalue weighted by molar-refractivity contribution is 7.86. The fraction of sp³-hybridized carbons (Fsp3) is 1.00. The van der Waals surface area contributed by atoms with Crippen molar-refractivity contribution in [2.45, 2.75) is 89.4 Å². The van der Waals surface area contributed by atoms with Crippen LogP contribution in [0.5, 0.6) is 0 Å². The van der Waals surface area contributed by atoms with Crippen molar-refractivity contribution in [3.63, 3.8) is 0 Å². The number of hydrogen-bond donors (Lipinski definition) is 2. The Bertz CT molecular complexity index is 301. The molecule has 5 heteroatoms. The van der Waals surface area contributed by atoms with Crippen LogP contribution in [-0.4, -0.2) is 29.4 Å². The summed E-state index contributed by atoms with van der Waals surface area (Å²) in [6, 6.07) is 0. The SMILES string of the molecule is CCCCCCC(CCCC(O)CCC)S(=O)(=O)O. The minimum absolute atomic E-state index is 0.341. The first-order chi connectivity index (χ1) is 8.91. The fourth-order valence-corrected chi connectivity index (χ4v) is 3.23. The molecule has 0 aliphatic carbocycles. The van der Waals surface area contributed by atoms with E-state index in [0.717, 1.165) is 38.5 Å². The van der Waals surface area contributed by atoms with Crippen LogP contribution >= 0.6 is 0 Å². The topological polar surface area (TPSA) is 74.6 Å². The van der Waals surface area contributed by atoms with E-state index in [4.69, 9.17) is 0 Å². The Morgan fingerprint density at radius 2 is 1.47 bits per heavy atom. The predicted octanol–water partition coefficient (Wildman–Crippen LogP) is 3.54. The van der Waals surface area contributed by atoms with Crippen molar-refractivity contribution in [3.8, 4) is 0 Å². The molecule has 2 N–H and O–H groups in total. The van der Waals surface area contributed by atoms with Crippen molar-refractivity contribution in [2.75, 3.05) is 0 Å². The van der Waals surface area contributed by atoms with E-state index in [1.807, 2.05) is 6.92 Å². The first-order valence-corrected chi connectivity index (χ1v) is 9.06. The Kier molecular flexibility index (Phi) is 10.6. The Labute approximate surface area is 118 Å². The Morgan fingerprint density at radius 3 is 2.00 bits per heavy atom. The van der Waals surface area contributed by atoms with Gasteiger partial charge in [0.25, 0.3) is 10.1 Å². The minimum Gasteiger partial charge on any atom is -0.393 e. The van der Waals surface area contributed by atoms with Gasteiger partial charge >= 0.3 is 0 Å². The molecule has 19 heavy (non-hydrogen) atoms. The molecule has 0 aliphatic heterocycles. The van der Waals surface area contributed by atoms with Gasteiger partial charge in [-0.1, -0.05) is 46.0 Å². The molecular weight excluding hydrogens is 264 g/mol. The zero-order valence-corrected chi connectivity index (χ0v) is 13.2. The molecule has 0 aromatic heterocycles. The van der Waals surface area contributed by atoms with E-state index in [2.05, 4.69) is 6.92 Å². The molecule has 0 aliphatic rings. The van der Waals surface area contributed by atoms with Gasteiger partial charge in [0.05, 0.1) is 11.4 Å². The van der Waals surface area contributed by atoms with E-state index < -0.39 is 15.4 Å². The summed E-state index contributed by atoms with van der Waals surface area (Å²) in [6.45, 7) is 4.12. The summed E-state index contributed by atoms with van der Waals surface area (Å²) < 4.78 is 31.8. The molecule has 0 aromatic carbocycles. The largest absolute Gasteiger partial charge is 0.393 e. The van der Waals surface area contributed by atoms with Crippen LogP contribution in [-0.2, 0) is 10.1 Å². The van der Waals surface area contributed by atoms with Crippen molar-refractivity contribution >= 4 is 10.1 Å². The van der Waals surface area contributed by atoms with Crippen molar-refractivity contribution in [2.24, 2.45) is 0 Å². The molecule has 0 bridgehead atoms. The summed E-state index contributed by atoms with van der Waals surface area (Å²) in [7, 11) is -3.94. The van der Waals surface area contributed by atoms with Gasteiger partial charge in [0.2, 0.25) is 0 Å². The van der Waals surface area contributed by atoms with Gasteiger partial charge < -0.3 is 5.11 Å². The maximum Gasteiger partial charge on any atom is 0.267 e. The van der Waals surface area contributed by atoms with E-state index in [1.165, 1.54) is 0 Å². The molecule has 4 nitrogen and oxygen atoms in total. The first kappa shape index (κ1) is 18.9. The Balaban J connectivity index is 4.01. The van der Waals surface area contributed by atoms with Crippen LogP contribution in [0.3, 0.4) is 0 Å². The maximum atomic E-state index is 11.3. The van der Waals surface area contributed by atoms with E-state index in [1.54, 1.807) is 0 Å². The molecular formula is C14H30O4S. The molecule has 116 valence electrons. The van der Waals surface area contributed by atoms with Crippen LogP contribution in [0.2, 0.25) is 0 Å². The monoisotopic (exact) mass is 294 g/mol. The number of rotatable bonds is 12. The van der Waals surface area contributed by atoms with Crippen molar-refractivity contribution in [3.05, 3.63) is 0 Å². The summed E-state index contributed by atoms with van der Waals surface area (Å²) >= 11 is 0. The quantitative estimate of drug-likeness (QED) is 0.426. The van der Waals surface area contributed by atoms with Gasteiger partial charge in [-0.2, -0.15) is 8.42 Å². The lowest BCUT2D eigenvalue weighted by Crippen LogP contribution is -2.21. The zero-order chi connectivity index (χ0) is 14.7. The lowest BCUT2D eigenvalue weighted by Gasteiger charge is -2.15. The summed E-state index contributed by atoms with van der Waals surface area (Å²) in [5.41, 5.74) is 0. The predicted molar refractivity (Wildman–Crippen MR) is 78.9 cm³/mol. The first-order valence-electron chi connectivity index (χ1n) is 7.56. The van der Waals surface area contributed by atoms with Crippen LogP contribution in [0.1, 0.15) is 78.1 Å². The maximum absolute atomic E-state index is 11.3. The van der Waals surface area contributed by atoms with E-state index >= 15 is 0 Å². The molecule has 0 amide bonds. The van der Waals surface area contributed by atoms with E-state index in [9.17, 15) is 18.1 Å². The molecule has 2 unspecified atom stereocenters. The summed E-state index contributed by atoms with van der Waals surface area (Å²) in [4.78, 5) is 0. The van der Waals surface area contributed by atoms with Crippen LogP contribution in [0.25, 0.3) is 0 Å². The van der Waals surface area contributed by atoms with Crippen LogP contribution in [0, 0.1) is 0 Å². The van der Waals surface area contributed by atoms with Crippen molar-refractivity contribution in [1.29, 1.82) is 0 Å². The average Bonchev–Trinajstić information content (AvgIpc) is 2.31. The number of aliphatic hydroxyl groups excluding tert-OH is 1. The number of unbranched alkanes of at least 4 members (excludes halogenated alkanes) is 3. The van der Waals surface area contributed by atoms with Gasteiger partial charge in [-0.25, -0.2) is 0 Å². The lowest BCUT2D eigenvalue weighted by atomic mass is 10.0. The van der Waals surface area contributed by atoms with E-state index in [-0.39, 0.29) is 6.10 Å². The van der Waals surface area contributed by atoms with Gasteiger partial charge in [-0.15, -0.1) is 0 Å². The highest BCUT2D eigenvalue weighted by Crippen LogP contribution is 2.18. The molecule has 2 atom stereocenters. The van der Waals surface area contributed by atoms with Crippen molar-refractivity contribution < 1.29 is 18.1 Å². The summed E-state index contributed by atoms with van der Waals surface area (Å²) in [6.07, 6.45) is 7.67. The van der Waals surface area contributed by atoms with E-state index in [0.29, 0.717) is 25.7 Å². The molecule has 0 heterocycles. The van der Waals surface area contributed by atoms with Gasteiger partial charge in [0, 0.05) is 0 Å². The van der Waals surface area contributed by atoms with Gasteiger partial charge in [0.15, 0.2) is 0 Å². The van der Waals surface area contributed by atoms with Gasteiger partial charge in [0.1, 0.15) is 0 Å². The normalized spacial score (nSPS) is 15.4. The molecule has 0 fully saturated rings. The third kappa shape index (κ3) is 10.3. The second kappa shape index (κ2) is 10.6. The molecule has 0 saturated carbocycles. The highest BCUT2D eigenvalue weighted by atomic mass is 32.2. The minimum atomic E-state index is -3.94. The van der Waals surface area contributed by atoms with Crippen LogP contribution in [0.4, 0.5) is 0 Å². The highest BCUT2D eigenvalue weighted by Gasteiger charge is 2.22. The zero-order valence-electron chi connectivity index (χ0n) is 12.3. The molecule has 0 aromatic rings. The lowest BCUT2D eigenvalue weighted by molar-refractivity contribution is 0.150. The van der Waals surface area contributed by atoms with Crippen molar-refractivity contribution in [1.82, 2.24) is 0 Å². The van der Waals surface area contributed by atoms with Crippen LogP contribution in [0.15, 0.2) is 0 Å². The Hall–Kier alpha value is -0.130.